The van der Waals surface area contributed by atoms with Gasteiger partial charge >= 0.3 is 0 Å². The molecule has 0 aromatic carbocycles. The molecule has 1 heterocycles. The Morgan fingerprint density at radius 1 is 1.80 bits per heavy atom. The molecule has 10 heavy (non-hydrogen) atoms. The first-order chi connectivity index (χ1) is 4.67. The first-order valence-corrected chi connectivity index (χ1v) is 4.22. The molecule has 0 bridgehead atoms. The van der Waals surface area contributed by atoms with Crippen LogP contribution in [-0.4, -0.2) is 10.1 Å². The van der Waals surface area contributed by atoms with Crippen molar-refractivity contribution in [1.29, 1.82) is 0 Å². The largest absolute Gasteiger partial charge is 0.384 e. The van der Waals surface area contributed by atoms with Gasteiger partial charge in [0.15, 0.2) is 0 Å². The van der Waals surface area contributed by atoms with Crippen molar-refractivity contribution in [1.82, 2.24) is 4.98 Å². The van der Waals surface area contributed by atoms with Gasteiger partial charge in [-0.25, -0.2) is 4.98 Å². The van der Waals surface area contributed by atoms with Gasteiger partial charge in [-0.2, -0.15) is 0 Å². The Kier molecular flexibility index (Phi) is 2.06. The molecule has 0 aliphatic heterocycles. The van der Waals surface area contributed by atoms with Gasteiger partial charge in [0.25, 0.3) is 0 Å². The van der Waals surface area contributed by atoms with Crippen molar-refractivity contribution in [2.24, 2.45) is 0 Å². The van der Waals surface area contributed by atoms with E-state index in [9.17, 15) is 5.11 Å². The van der Waals surface area contributed by atoms with Gasteiger partial charge in [0, 0.05) is 5.38 Å². The van der Waals surface area contributed by atoms with Crippen LogP contribution in [0.4, 0.5) is 0 Å². The normalized spacial score (nSPS) is 16.7. The molecule has 1 aromatic rings. The predicted octanol–water partition coefficient (Wildman–Crippen LogP) is 1.76. The van der Waals surface area contributed by atoms with Gasteiger partial charge in [0.1, 0.15) is 5.60 Å². The summed E-state index contributed by atoms with van der Waals surface area (Å²) >= 11 is 1.51. The Hall–Kier alpha value is -0.410. The fourth-order valence-electron chi connectivity index (χ4n) is 0.660. The zero-order valence-corrected chi connectivity index (χ0v) is 6.98. The maximum Gasteiger partial charge on any atom is 0.104 e. The molecule has 56 valence electrons. The summed E-state index contributed by atoms with van der Waals surface area (Å²) in [7, 11) is 0. The van der Waals surface area contributed by atoms with E-state index >= 15 is 0 Å². The third-order valence-electron chi connectivity index (χ3n) is 1.67. The first kappa shape index (κ1) is 7.69. The topological polar surface area (TPSA) is 33.1 Å². The Labute approximate surface area is 64.5 Å². The summed E-state index contributed by atoms with van der Waals surface area (Å²) in [6, 6.07) is 0. The summed E-state index contributed by atoms with van der Waals surface area (Å²) in [5, 5.41) is 11.5. The van der Waals surface area contributed by atoms with Crippen LogP contribution < -0.4 is 0 Å². The van der Waals surface area contributed by atoms with Gasteiger partial charge in [-0.1, -0.05) is 6.92 Å². The lowest BCUT2D eigenvalue weighted by Crippen LogP contribution is -2.19. The second-order valence-corrected chi connectivity index (χ2v) is 3.22. The van der Waals surface area contributed by atoms with Crippen LogP contribution in [0.15, 0.2) is 10.9 Å². The molecule has 2 nitrogen and oxygen atoms in total. The number of hydrogen-bond acceptors (Lipinski definition) is 3. The van der Waals surface area contributed by atoms with E-state index in [0.29, 0.717) is 6.42 Å². The zero-order valence-electron chi connectivity index (χ0n) is 6.16. The number of aromatic nitrogens is 1. The van der Waals surface area contributed by atoms with Crippen molar-refractivity contribution in [3.8, 4) is 0 Å². The average Bonchev–Trinajstić information content (AvgIpc) is 2.38. The quantitative estimate of drug-likeness (QED) is 0.709. The molecule has 0 saturated carbocycles. The highest BCUT2D eigenvalue weighted by Gasteiger charge is 2.21. The SMILES string of the molecule is CC[C@](C)(O)c1cscn1. The molecule has 0 fully saturated rings. The molecule has 0 aliphatic carbocycles. The van der Waals surface area contributed by atoms with Crippen LogP contribution in [0.5, 0.6) is 0 Å². The summed E-state index contributed by atoms with van der Waals surface area (Å²) in [6.45, 7) is 3.72. The lowest BCUT2D eigenvalue weighted by Gasteiger charge is -2.17. The highest BCUT2D eigenvalue weighted by molar-refractivity contribution is 7.07. The summed E-state index contributed by atoms with van der Waals surface area (Å²) in [6.07, 6.45) is 0.705. The van der Waals surface area contributed by atoms with E-state index in [1.165, 1.54) is 11.3 Å². The first-order valence-electron chi connectivity index (χ1n) is 3.28. The molecular weight excluding hydrogens is 146 g/mol. The molecular formula is C7H11NOS. The summed E-state index contributed by atoms with van der Waals surface area (Å²) in [5.41, 5.74) is 1.78. The van der Waals surface area contributed by atoms with Crippen molar-refractivity contribution in [3.63, 3.8) is 0 Å². The van der Waals surface area contributed by atoms with Gasteiger partial charge in [-0.3, -0.25) is 0 Å². The lowest BCUT2D eigenvalue weighted by atomic mass is 10.0. The van der Waals surface area contributed by atoms with Gasteiger partial charge in [0.05, 0.1) is 11.2 Å². The average molecular weight is 157 g/mol. The monoisotopic (exact) mass is 157 g/mol. The Bertz CT molecular complexity index is 193. The molecule has 0 unspecified atom stereocenters. The number of hydrogen-bond donors (Lipinski definition) is 1. The molecule has 1 N–H and O–H groups in total. The second-order valence-electron chi connectivity index (χ2n) is 2.50. The van der Waals surface area contributed by atoms with Crippen LogP contribution in [0, 0.1) is 0 Å². The molecule has 3 heteroatoms. The van der Waals surface area contributed by atoms with Crippen molar-refractivity contribution in [2.75, 3.05) is 0 Å². The molecule has 0 spiro atoms. The van der Waals surface area contributed by atoms with E-state index in [4.69, 9.17) is 0 Å². The third-order valence-corrected chi connectivity index (χ3v) is 2.26. The maximum atomic E-state index is 9.63. The van der Waals surface area contributed by atoms with Gasteiger partial charge in [-0.15, -0.1) is 11.3 Å². The van der Waals surface area contributed by atoms with Crippen LogP contribution in [0.25, 0.3) is 0 Å². The van der Waals surface area contributed by atoms with Crippen molar-refractivity contribution in [2.45, 2.75) is 25.9 Å². The van der Waals surface area contributed by atoms with Gasteiger partial charge < -0.3 is 5.11 Å². The van der Waals surface area contributed by atoms with E-state index in [2.05, 4.69) is 4.98 Å². The van der Waals surface area contributed by atoms with Crippen molar-refractivity contribution in [3.05, 3.63) is 16.6 Å². The van der Waals surface area contributed by atoms with Crippen LogP contribution >= 0.6 is 11.3 Å². The summed E-state index contributed by atoms with van der Waals surface area (Å²) in [5.74, 6) is 0. The number of rotatable bonds is 2. The van der Waals surface area contributed by atoms with Crippen molar-refractivity contribution < 1.29 is 5.11 Å². The fourth-order valence-corrected chi connectivity index (χ4v) is 1.34. The molecule has 1 aromatic heterocycles. The minimum atomic E-state index is -0.736. The van der Waals surface area contributed by atoms with E-state index < -0.39 is 5.60 Å². The maximum absolute atomic E-state index is 9.63. The molecule has 0 amide bonds. The smallest absolute Gasteiger partial charge is 0.104 e. The van der Waals surface area contributed by atoms with Gasteiger partial charge in [0.2, 0.25) is 0 Å². The van der Waals surface area contributed by atoms with E-state index in [0.717, 1.165) is 5.69 Å². The molecule has 1 atom stereocenters. The number of nitrogens with zero attached hydrogens (tertiary/aromatic N) is 1. The Morgan fingerprint density at radius 2 is 2.50 bits per heavy atom. The lowest BCUT2D eigenvalue weighted by molar-refractivity contribution is 0.0492. The predicted molar refractivity (Wildman–Crippen MR) is 42.0 cm³/mol. The standard InChI is InChI=1S/C7H11NOS/c1-3-7(2,9)6-4-10-5-8-6/h4-5,9H,3H2,1-2H3/t7-/m0/s1. The number of thiazole rings is 1. The number of aliphatic hydroxyl groups is 1. The minimum Gasteiger partial charge on any atom is -0.384 e. The minimum absolute atomic E-state index is 0.705. The van der Waals surface area contributed by atoms with Crippen LogP contribution in [0.2, 0.25) is 0 Å². The van der Waals surface area contributed by atoms with Crippen LogP contribution in [0.1, 0.15) is 26.0 Å². The van der Waals surface area contributed by atoms with E-state index in [-0.39, 0.29) is 0 Å². The molecule has 0 aliphatic rings. The Morgan fingerprint density at radius 3 is 2.90 bits per heavy atom. The van der Waals surface area contributed by atoms with Crippen molar-refractivity contribution >= 4 is 11.3 Å². The highest BCUT2D eigenvalue weighted by Crippen LogP contribution is 2.22. The Balaban J connectivity index is 2.85. The molecule has 0 saturated heterocycles. The highest BCUT2D eigenvalue weighted by atomic mass is 32.1. The molecule has 1 rings (SSSR count). The fraction of sp³-hybridized carbons (Fsp3) is 0.571. The zero-order chi connectivity index (χ0) is 7.61. The summed E-state index contributed by atoms with van der Waals surface area (Å²) in [4.78, 5) is 4.03. The second kappa shape index (κ2) is 2.68. The van der Waals surface area contributed by atoms with E-state index in [1.54, 1.807) is 12.4 Å². The van der Waals surface area contributed by atoms with Crippen LogP contribution in [-0.2, 0) is 5.60 Å². The molecule has 0 radical (unpaired) electrons. The van der Waals surface area contributed by atoms with Gasteiger partial charge in [-0.05, 0) is 13.3 Å². The third kappa shape index (κ3) is 1.36. The van der Waals surface area contributed by atoms with E-state index in [1.807, 2.05) is 12.3 Å². The van der Waals surface area contributed by atoms with Crippen LogP contribution in [0.3, 0.4) is 0 Å². The summed E-state index contributed by atoms with van der Waals surface area (Å²) < 4.78 is 0.